The van der Waals surface area contributed by atoms with E-state index in [2.05, 4.69) is 10.3 Å². The number of halogens is 1. The molecule has 0 saturated heterocycles. The number of anilines is 1. The summed E-state index contributed by atoms with van der Waals surface area (Å²) in [5, 5.41) is 2.75. The summed E-state index contributed by atoms with van der Waals surface area (Å²) in [5.74, 6) is -0.706. The highest BCUT2D eigenvalue weighted by atomic mass is 32.1. The Morgan fingerprint density at radius 1 is 1.22 bits per heavy atom. The van der Waals surface area contributed by atoms with Gasteiger partial charge in [-0.1, -0.05) is 19.3 Å². The lowest BCUT2D eigenvalue weighted by Gasteiger charge is -2.23. The molecule has 1 N–H and O–H groups in total. The van der Waals surface area contributed by atoms with E-state index in [0.717, 1.165) is 30.6 Å². The van der Waals surface area contributed by atoms with E-state index in [4.69, 9.17) is 0 Å². The van der Waals surface area contributed by atoms with Crippen molar-refractivity contribution in [2.45, 2.75) is 45.1 Å². The molecule has 1 saturated carbocycles. The molecule has 2 aromatic heterocycles. The van der Waals surface area contributed by atoms with Gasteiger partial charge in [0.15, 0.2) is 0 Å². The largest absolute Gasteiger partial charge is 0.322 e. The summed E-state index contributed by atoms with van der Waals surface area (Å²) in [6.07, 6.45) is 7.05. The summed E-state index contributed by atoms with van der Waals surface area (Å²) in [6, 6.07) is 5.77. The van der Waals surface area contributed by atoms with Crippen molar-refractivity contribution in [2.75, 3.05) is 5.32 Å². The van der Waals surface area contributed by atoms with Crippen molar-refractivity contribution in [1.82, 2.24) is 9.55 Å². The average molecular weight is 385 g/mol. The van der Waals surface area contributed by atoms with E-state index in [1.165, 1.54) is 42.0 Å². The number of thiophene rings is 1. The van der Waals surface area contributed by atoms with Gasteiger partial charge in [-0.2, -0.15) is 0 Å². The van der Waals surface area contributed by atoms with Gasteiger partial charge >= 0.3 is 0 Å². The van der Waals surface area contributed by atoms with Crippen LogP contribution in [0, 0.1) is 12.7 Å². The van der Waals surface area contributed by atoms with E-state index in [9.17, 15) is 14.0 Å². The van der Waals surface area contributed by atoms with Gasteiger partial charge in [-0.05, 0) is 44.0 Å². The molecule has 0 spiro atoms. The van der Waals surface area contributed by atoms with Crippen LogP contribution in [0.4, 0.5) is 10.1 Å². The van der Waals surface area contributed by atoms with Crippen molar-refractivity contribution in [3.8, 4) is 0 Å². The number of hydrogen-bond donors (Lipinski definition) is 1. The van der Waals surface area contributed by atoms with Gasteiger partial charge in [0.1, 0.15) is 16.0 Å². The number of carbonyl (C=O) groups is 1. The maximum atomic E-state index is 13.0. The number of hydrogen-bond acceptors (Lipinski definition) is 4. The fraction of sp³-hybridized carbons (Fsp3) is 0.350. The summed E-state index contributed by atoms with van der Waals surface area (Å²) >= 11 is 1.31. The minimum absolute atomic E-state index is 0.0687. The Morgan fingerprint density at radius 3 is 2.63 bits per heavy atom. The first-order valence-corrected chi connectivity index (χ1v) is 9.93. The van der Waals surface area contributed by atoms with Crippen LogP contribution in [0.2, 0.25) is 0 Å². The van der Waals surface area contributed by atoms with E-state index in [-0.39, 0.29) is 23.3 Å². The highest BCUT2D eigenvalue weighted by molar-refractivity contribution is 7.19. The molecule has 1 aliphatic rings. The monoisotopic (exact) mass is 385 g/mol. The van der Waals surface area contributed by atoms with Crippen LogP contribution in [0.1, 0.15) is 53.4 Å². The van der Waals surface area contributed by atoms with Crippen LogP contribution < -0.4 is 10.9 Å². The van der Waals surface area contributed by atoms with Crippen molar-refractivity contribution >= 4 is 33.1 Å². The zero-order valence-electron chi connectivity index (χ0n) is 15.0. The number of nitrogens with zero attached hydrogens (tertiary/aromatic N) is 2. The summed E-state index contributed by atoms with van der Waals surface area (Å²) in [7, 11) is 0. The lowest BCUT2D eigenvalue weighted by molar-refractivity contribution is 0.102. The predicted molar refractivity (Wildman–Crippen MR) is 105 cm³/mol. The maximum absolute atomic E-state index is 13.0. The van der Waals surface area contributed by atoms with Crippen molar-refractivity contribution < 1.29 is 9.18 Å². The molecule has 1 fully saturated rings. The predicted octanol–water partition coefficient (Wildman–Crippen LogP) is 4.66. The molecule has 140 valence electrons. The number of fused-ring (bicyclic) bond motifs is 1. The first kappa shape index (κ1) is 17.9. The number of amides is 1. The smallest absolute Gasteiger partial charge is 0.271 e. The summed E-state index contributed by atoms with van der Waals surface area (Å²) in [5.41, 5.74) is 1.28. The van der Waals surface area contributed by atoms with Crippen LogP contribution in [-0.4, -0.2) is 15.5 Å². The third-order valence-electron chi connectivity index (χ3n) is 5.10. The normalized spacial score (nSPS) is 15.2. The van der Waals surface area contributed by atoms with E-state index in [1.54, 1.807) is 10.9 Å². The van der Waals surface area contributed by atoms with Gasteiger partial charge in [0.25, 0.3) is 11.5 Å². The van der Waals surface area contributed by atoms with Crippen LogP contribution in [0.15, 0.2) is 35.4 Å². The first-order chi connectivity index (χ1) is 13.0. The van der Waals surface area contributed by atoms with Crippen LogP contribution in [0.3, 0.4) is 0 Å². The Hall–Kier alpha value is -2.54. The minimum atomic E-state index is -0.366. The Labute approximate surface area is 159 Å². The van der Waals surface area contributed by atoms with Crippen LogP contribution in [-0.2, 0) is 0 Å². The van der Waals surface area contributed by atoms with Crippen LogP contribution in [0.5, 0.6) is 0 Å². The lowest BCUT2D eigenvalue weighted by atomic mass is 9.95. The van der Waals surface area contributed by atoms with E-state index < -0.39 is 0 Å². The first-order valence-electron chi connectivity index (χ1n) is 9.12. The molecule has 0 aliphatic heterocycles. The maximum Gasteiger partial charge on any atom is 0.271 e. The van der Waals surface area contributed by atoms with Gasteiger partial charge in [0.2, 0.25) is 0 Å². The molecule has 2 heterocycles. The number of carbonyl (C=O) groups excluding carboxylic acids is 1. The number of nitrogens with one attached hydrogen (secondary N) is 1. The Kier molecular flexibility index (Phi) is 4.78. The molecule has 1 aliphatic carbocycles. The SMILES string of the molecule is Cc1sc2c(=O)n(C3CCCCC3)cnc2c1C(=O)Nc1ccc(F)cc1. The van der Waals surface area contributed by atoms with Gasteiger partial charge in [0.05, 0.1) is 11.9 Å². The third-order valence-corrected chi connectivity index (χ3v) is 6.18. The van der Waals surface area contributed by atoms with Gasteiger partial charge < -0.3 is 5.32 Å². The molecule has 1 aromatic carbocycles. The topological polar surface area (TPSA) is 64.0 Å². The Morgan fingerprint density at radius 2 is 1.93 bits per heavy atom. The number of aryl methyl sites for hydroxylation is 1. The van der Waals surface area contributed by atoms with Crippen molar-refractivity contribution in [2.24, 2.45) is 0 Å². The molecular formula is C20H20FN3O2S. The minimum Gasteiger partial charge on any atom is -0.322 e. The second-order valence-electron chi connectivity index (χ2n) is 6.92. The van der Waals surface area contributed by atoms with E-state index in [1.807, 2.05) is 6.92 Å². The van der Waals surface area contributed by atoms with Crippen molar-refractivity contribution in [1.29, 1.82) is 0 Å². The summed E-state index contributed by atoms with van der Waals surface area (Å²) in [6.45, 7) is 1.82. The third kappa shape index (κ3) is 3.39. The standard InChI is InChI=1S/C20H20FN3O2S/c1-12-16(19(25)23-14-9-7-13(21)8-10-14)17-18(27-12)20(26)24(11-22-17)15-5-3-2-4-6-15/h7-11,15H,2-6H2,1H3,(H,23,25). The van der Waals surface area contributed by atoms with Gasteiger partial charge in [-0.3, -0.25) is 14.2 Å². The highest BCUT2D eigenvalue weighted by Crippen LogP contribution is 2.30. The summed E-state index contributed by atoms with van der Waals surface area (Å²) < 4.78 is 15.3. The van der Waals surface area contributed by atoms with Gasteiger partial charge in [-0.25, -0.2) is 9.37 Å². The van der Waals surface area contributed by atoms with Gasteiger partial charge in [-0.15, -0.1) is 11.3 Å². The molecule has 0 bridgehead atoms. The molecule has 0 atom stereocenters. The zero-order chi connectivity index (χ0) is 19.0. The molecule has 27 heavy (non-hydrogen) atoms. The Bertz CT molecular complexity index is 1050. The summed E-state index contributed by atoms with van der Waals surface area (Å²) in [4.78, 5) is 30.9. The highest BCUT2D eigenvalue weighted by Gasteiger charge is 2.23. The second-order valence-corrected chi connectivity index (χ2v) is 8.15. The quantitative estimate of drug-likeness (QED) is 0.713. The van der Waals surface area contributed by atoms with Crippen LogP contribution in [0.25, 0.3) is 10.2 Å². The average Bonchev–Trinajstić information content (AvgIpc) is 3.02. The molecule has 0 radical (unpaired) electrons. The lowest BCUT2D eigenvalue weighted by Crippen LogP contribution is -2.26. The zero-order valence-corrected chi connectivity index (χ0v) is 15.8. The molecule has 4 rings (SSSR count). The molecule has 7 heteroatoms. The molecule has 3 aromatic rings. The fourth-order valence-corrected chi connectivity index (χ4v) is 4.75. The molecular weight excluding hydrogens is 365 g/mol. The van der Waals surface area contributed by atoms with Crippen LogP contribution >= 0.6 is 11.3 Å². The number of aromatic nitrogens is 2. The molecule has 0 unspecified atom stereocenters. The molecule has 5 nitrogen and oxygen atoms in total. The van der Waals surface area contributed by atoms with Crippen molar-refractivity contribution in [3.05, 3.63) is 57.2 Å². The van der Waals surface area contributed by atoms with Gasteiger partial charge in [0, 0.05) is 16.6 Å². The molecule has 1 amide bonds. The Balaban J connectivity index is 1.70. The number of rotatable bonds is 3. The number of benzene rings is 1. The van der Waals surface area contributed by atoms with E-state index in [0.29, 0.717) is 21.5 Å². The second kappa shape index (κ2) is 7.23. The van der Waals surface area contributed by atoms with E-state index >= 15 is 0 Å². The fourth-order valence-electron chi connectivity index (χ4n) is 3.70. The van der Waals surface area contributed by atoms with Crippen molar-refractivity contribution in [3.63, 3.8) is 0 Å².